The van der Waals surface area contributed by atoms with Crippen molar-refractivity contribution in [2.45, 2.75) is 25.1 Å². The van der Waals surface area contributed by atoms with E-state index in [1.54, 1.807) is 7.11 Å². The molecule has 2 rings (SSSR count). The van der Waals surface area contributed by atoms with Crippen LogP contribution < -0.4 is 15.8 Å². The SMILES string of the molecule is COc1cccc(CNCC(O)C(N)Cc2cc(F)cc(F)c2)c1. The van der Waals surface area contributed by atoms with E-state index in [1.165, 1.54) is 12.1 Å². The molecule has 130 valence electrons. The number of benzene rings is 2. The zero-order valence-corrected chi connectivity index (χ0v) is 13.5. The van der Waals surface area contributed by atoms with Crippen molar-refractivity contribution < 1.29 is 18.6 Å². The van der Waals surface area contributed by atoms with Crippen molar-refractivity contribution in [2.24, 2.45) is 5.73 Å². The van der Waals surface area contributed by atoms with Crippen LogP contribution in [0.3, 0.4) is 0 Å². The molecule has 0 aliphatic carbocycles. The third kappa shape index (κ3) is 5.56. The molecule has 0 saturated carbocycles. The maximum Gasteiger partial charge on any atom is 0.126 e. The van der Waals surface area contributed by atoms with Gasteiger partial charge in [0.15, 0.2) is 0 Å². The van der Waals surface area contributed by atoms with Gasteiger partial charge in [0.05, 0.1) is 13.2 Å². The summed E-state index contributed by atoms with van der Waals surface area (Å²) in [5.41, 5.74) is 7.36. The lowest BCUT2D eigenvalue weighted by molar-refractivity contribution is 0.141. The topological polar surface area (TPSA) is 67.5 Å². The zero-order valence-electron chi connectivity index (χ0n) is 13.5. The second kappa shape index (κ2) is 8.73. The smallest absolute Gasteiger partial charge is 0.126 e. The van der Waals surface area contributed by atoms with Gasteiger partial charge < -0.3 is 20.9 Å². The van der Waals surface area contributed by atoms with Crippen molar-refractivity contribution in [3.8, 4) is 5.75 Å². The minimum atomic E-state index is -0.832. The maximum absolute atomic E-state index is 13.2. The summed E-state index contributed by atoms with van der Waals surface area (Å²) in [6, 6.07) is 10.2. The summed E-state index contributed by atoms with van der Waals surface area (Å²) in [6.45, 7) is 0.825. The van der Waals surface area contributed by atoms with Crippen LogP contribution in [0.15, 0.2) is 42.5 Å². The number of ether oxygens (including phenoxy) is 1. The van der Waals surface area contributed by atoms with E-state index in [-0.39, 0.29) is 13.0 Å². The fourth-order valence-electron chi connectivity index (χ4n) is 2.44. The van der Waals surface area contributed by atoms with Crippen molar-refractivity contribution in [3.05, 3.63) is 65.2 Å². The summed E-state index contributed by atoms with van der Waals surface area (Å²) in [6.07, 6.45) is -0.640. The van der Waals surface area contributed by atoms with Crippen LogP contribution in [0.1, 0.15) is 11.1 Å². The molecule has 0 bridgehead atoms. The van der Waals surface area contributed by atoms with E-state index in [2.05, 4.69) is 5.32 Å². The Morgan fingerprint density at radius 1 is 1.12 bits per heavy atom. The highest BCUT2D eigenvalue weighted by Gasteiger charge is 2.16. The first kappa shape index (κ1) is 18.3. The molecule has 0 fully saturated rings. The minimum Gasteiger partial charge on any atom is -0.497 e. The van der Waals surface area contributed by atoms with Crippen LogP contribution in [-0.4, -0.2) is 30.9 Å². The van der Waals surface area contributed by atoms with Crippen molar-refractivity contribution in [2.75, 3.05) is 13.7 Å². The van der Waals surface area contributed by atoms with E-state index < -0.39 is 23.8 Å². The van der Waals surface area contributed by atoms with Gasteiger partial charge in [0.1, 0.15) is 17.4 Å². The number of rotatable bonds is 8. The van der Waals surface area contributed by atoms with E-state index in [9.17, 15) is 13.9 Å². The molecule has 0 amide bonds. The Bertz CT molecular complexity index is 647. The Morgan fingerprint density at radius 2 is 1.83 bits per heavy atom. The molecule has 6 heteroatoms. The average molecular weight is 336 g/mol. The molecule has 0 aliphatic rings. The van der Waals surface area contributed by atoms with Gasteiger partial charge in [0.25, 0.3) is 0 Å². The lowest BCUT2D eigenvalue weighted by atomic mass is 10.0. The van der Waals surface area contributed by atoms with Crippen molar-refractivity contribution in [1.82, 2.24) is 5.32 Å². The van der Waals surface area contributed by atoms with E-state index in [0.29, 0.717) is 12.1 Å². The highest BCUT2D eigenvalue weighted by Crippen LogP contribution is 2.13. The van der Waals surface area contributed by atoms with Gasteiger partial charge in [-0.3, -0.25) is 0 Å². The van der Waals surface area contributed by atoms with Gasteiger partial charge in [-0.25, -0.2) is 8.78 Å². The van der Waals surface area contributed by atoms with E-state index >= 15 is 0 Å². The van der Waals surface area contributed by atoms with Gasteiger partial charge in [-0.15, -0.1) is 0 Å². The first-order chi connectivity index (χ1) is 11.5. The van der Waals surface area contributed by atoms with Crippen LogP contribution in [0.25, 0.3) is 0 Å². The zero-order chi connectivity index (χ0) is 17.5. The molecule has 2 aromatic rings. The summed E-state index contributed by atoms with van der Waals surface area (Å²) >= 11 is 0. The van der Waals surface area contributed by atoms with E-state index in [0.717, 1.165) is 17.4 Å². The first-order valence-corrected chi connectivity index (χ1v) is 7.70. The second-order valence-corrected chi connectivity index (χ2v) is 5.70. The summed E-state index contributed by atoms with van der Waals surface area (Å²) in [5, 5.41) is 13.2. The van der Waals surface area contributed by atoms with Crippen molar-refractivity contribution in [1.29, 1.82) is 0 Å². The molecule has 0 heterocycles. The molecule has 0 aliphatic heterocycles. The maximum atomic E-state index is 13.2. The monoisotopic (exact) mass is 336 g/mol. The normalized spacial score (nSPS) is 13.5. The number of aliphatic hydroxyl groups is 1. The highest BCUT2D eigenvalue weighted by atomic mass is 19.1. The summed E-state index contributed by atoms with van der Waals surface area (Å²) < 4.78 is 31.5. The molecule has 2 unspecified atom stereocenters. The molecule has 4 N–H and O–H groups in total. The van der Waals surface area contributed by atoms with Gasteiger partial charge in [0, 0.05) is 25.2 Å². The number of nitrogens with two attached hydrogens (primary N) is 1. The van der Waals surface area contributed by atoms with Crippen LogP contribution in [0.2, 0.25) is 0 Å². The number of halogens is 2. The number of hydrogen-bond acceptors (Lipinski definition) is 4. The fourth-order valence-corrected chi connectivity index (χ4v) is 2.44. The Morgan fingerprint density at radius 3 is 2.50 bits per heavy atom. The number of methoxy groups -OCH3 is 1. The number of hydrogen-bond donors (Lipinski definition) is 3. The van der Waals surface area contributed by atoms with Gasteiger partial charge in [-0.05, 0) is 41.8 Å². The molecule has 24 heavy (non-hydrogen) atoms. The summed E-state index contributed by atoms with van der Waals surface area (Å²) in [7, 11) is 1.60. The Hall–Kier alpha value is -2.02. The largest absolute Gasteiger partial charge is 0.497 e. The second-order valence-electron chi connectivity index (χ2n) is 5.70. The minimum absolute atomic E-state index is 0.191. The molecule has 4 nitrogen and oxygen atoms in total. The Labute approximate surface area is 140 Å². The molecule has 2 aromatic carbocycles. The van der Waals surface area contributed by atoms with Crippen LogP contribution in [-0.2, 0) is 13.0 Å². The average Bonchev–Trinajstić information content (AvgIpc) is 2.54. The van der Waals surface area contributed by atoms with Gasteiger partial charge >= 0.3 is 0 Å². The van der Waals surface area contributed by atoms with Crippen LogP contribution in [0.4, 0.5) is 8.78 Å². The van der Waals surface area contributed by atoms with Crippen LogP contribution in [0.5, 0.6) is 5.75 Å². The summed E-state index contributed by atoms with van der Waals surface area (Å²) in [5.74, 6) is -0.537. The van der Waals surface area contributed by atoms with Crippen molar-refractivity contribution in [3.63, 3.8) is 0 Å². The lowest BCUT2D eigenvalue weighted by Crippen LogP contribution is -2.43. The van der Waals surface area contributed by atoms with Crippen molar-refractivity contribution >= 4 is 0 Å². The lowest BCUT2D eigenvalue weighted by Gasteiger charge is -2.19. The number of aliphatic hydroxyl groups excluding tert-OH is 1. The highest BCUT2D eigenvalue weighted by molar-refractivity contribution is 5.28. The first-order valence-electron chi connectivity index (χ1n) is 7.70. The Balaban J connectivity index is 1.81. The van der Waals surface area contributed by atoms with Gasteiger partial charge in [-0.1, -0.05) is 12.1 Å². The van der Waals surface area contributed by atoms with E-state index in [1.807, 2.05) is 24.3 Å². The predicted molar refractivity (Wildman–Crippen MR) is 88.7 cm³/mol. The van der Waals surface area contributed by atoms with Gasteiger partial charge in [-0.2, -0.15) is 0 Å². The quantitative estimate of drug-likeness (QED) is 0.690. The standard InChI is InChI=1S/C18H22F2N2O2/c1-24-16-4-2-3-12(7-16)10-22-11-18(23)17(21)8-13-5-14(19)9-15(20)6-13/h2-7,9,17-18,22-23H,8,10-11,21H2,1H3. The molecule has 0 saturated heterocycles. The summed E-state index contributed by atoms with van der Waals surface area (Å²) in [4.78, 5) is 0. The molecule has 0 aromatic heterocycles. The van der Waals surface area contributed by atoms with E-state index in [4.69, 9.17) is 10.5 Å². The third-order valence-electron chi connectivity index (χ3n) is 3.70. The molecular weight excluding hydrogens is 314 g/mol. The van der Waals surface area contributed by atoms with Gasteiger partial charge in [0.2, 0.25) is 0 Å². The van der Waals surface area contributed by atoms with Crippen LogP contribution >= 0.6 is 0 Å². The van der Waals surface area contributed by atoms with Crippen LogP contribution in [0, 0.1) is 11.6 Å². The Kier molecular flexibility index (Phi) is 6.66. The molecule has 2 atom stereocenters. The molecular formula is C18H22F2N2O2. The predicted octanol–water partition coefficient (Wildman–Crippen LogP) is 1.99. The number of nitrogens with one attached hydrogen (secondary N) is 1. The molecule has 0 radical (unpaired) electrons. The third-order valence-corrected chi connectivity index (χ3v) is 3.70. The molecule has 0 spiro atoms. The fraction of sp³-hybridized carbons (Fsp3) is 0.333.